The Bertz CT molecular complexity index is 2890. The zero-order chi connectivity index (χ0) is 37.1. The lowest BCUT2D eigenvalue weighted by Gasteiger charge is -2.28. The second-order valence-corrected chi connectivity index (χ2v) is 16.5. The molecule has 0 N–H and O–H groups in total. The van der Waals surface area contributed by atoms with Crippen LogP contribution in [0.1, 0.15) is 49.1 Å². The maximum Gasteiger partial charge on any atom is 0.164 e. The minimum atomic E-state index is 0.0540. The van der Waals surface area contributed by atoms with Gasteiger partial charge < -0.3 is 0 Å². The topological polar surface area (TPSA) is 51.6 Å². The van der Waals surface area contributed by atoms with Gasteiger partial charge in [0.25, 0.3) is 0 Å². The molecule has 264 valence electrons. The van der Waals surface area contributed by atoms with Crippen LogP contribution in [0.15, 0.2) is 158 Å². The van der Waals surface area contributed by atoms with Crippen molar-refractivity contribution in [2.24, 2.45) is 0 Å². The third kappa shape index (κ3) is 6.01. The average molecular weight is 727 g/mol. The summed E-state index contributed by atoms with van der Waals surface area (Å²) in [6.45, 7) is 6.69. The van der Waals surface area contributed by atoms with E-state index in [1.54, 1.807) is 0 Å². The molecule has 0 aliphatic heterocycles. The molecule has 0 spiro atoms. The monoisotopic (exact) mass is 726 g/mol. The summed E-state index contributed by atoms with van der Waals surface area (Å²) in [6.07, 6.45) is 2.77. The summed E-state index contributed by atoms with van der Waals surface area (Å²) in [4.78, 5) is 20.2. The van der Waals surface area contributed by atoms with Crippen molar-refractivity contribution in [2.75, 3.05) is 0 Å². The Morgan fingerprint density at radius 2 is 1.18 bits per heavy atom. The third-order valence-corrected chi connectivity index (χ3v) is 12.2. The largest absolute Gasteiger partial charge is 0.261 e. The smallest absolute Gasteiger partial charge is 0.164 e. The second-order valence-electron chi connectivity index (χ2n) is 15.5. The molecule has 0 bridgehead atoms. The molecular weight excluding hydrogens is 689 g/mol. The van der Waals surface area contributed by atoms with Crippen molar-refractivity contribution in [3.8, 4) is 56.4 Å². The van der Waals surface area contributed by atoms with Crippen molar-refractivity contribution < 1.29 is 0 Å². The van der Waals surface area contributed by atoms with Gasteiger partial charge in [-0.05, 0) is 75.0 Å². The van der Waals surface area contributed by atoms with E-state index >= 15 is 0 Å². The Morgan fingerprint density at radius 3 is 1.98 bits per heavy atom. The fourth-order valence-electron chi connectivity index (χ4n) is 8.04. The zero-order valence-electron chi connectivity index (χ0n) is 31.0. The van der Waals surface area contributed by atoms with Crippen LogP contribution >= 0.6 is 11.3 Å². The Labute approximate surface area is 325 Å². The fourth-order valence-corrected chi connectivity index (χ4v) is 9.28. The van der Waals surface area contributed by atoms with Crippen molar-refractivity contribution in [1.82, 2.24) is 19.9 Å². The van der Waals surface area contributed by atoms with E-state index in [1.165, 1.54) is 59.1 Å². The Balaban J connectivity index is 1.08. The van der Waals surface area contributed by atoms with E-state index < -0.39 is 0 Å². The minimum Gasteiger partial charge on any atom is -0.261 e. The Hall–Kier alpha value is -6.30. The molecule has 0 amide bonds. The van der Waals surface area contributed by atoms with Gasteiger partial charge in [0.05, 0.1) is 0 Å². The summed E-state index contributed by atoms with van der Waals surface area (Å²) in [5.74, 6) is 2.01. The molecule has 4 nitrogen and oxygen atoms in total. The number of hydrogen-bond donors (Lipinski definition) is 0. The molecule has 9 aromatic rings. The van der Waals surface area contributed by atoms with Gasteiger partial charge in [-0.25, -0.2) is 15.0 Å². The summed E-state index contributed by atoms with van der Waals surface area (Å²) in [7, 11) is 0. The summed E-state index contributed by atoms with van der Waals surface area (Å²) in [5, 5.41) is 2.63. The molecule has 0 saturated carbocycles. The highest BCUT2D eigenvalue weighted by atomic mass is 32.1. The molecular formula is C50H38N4S. The lowest BCUT2D eigenvalue weighted by atomic mass is 9.76. The number of pyridine rings is 1. The van der Waals surface area contributed by atoms with Crippen LogP contribution in [-0.2, 0) is 11.8 Å². The van der Waals surface area contributed by atoms with Crippen LogP contribution < -0.4 is 0 Å². The van der Waals surface area contributed by atoms with E-state index in [2.05, 4.69) is 148 Å². The van der Waals surface area contributed by atoms with Crippen LogP contribution in [0.2, 0.25) is 0 Å². The van der Waals surface area contributed by atoms with Crippen LogP contribution in [0.4, 0.5) is 0 Å². The predicted octanol–water partition coefficient (Wildman–Crippen LogP) is 13.0. The first kappa shape index (κ1) is 33.3. The molecule has 0 radical (unpaired) electrons. The summed E-state index contributed by atoms with van der Waals surface area (Å²) in [5.41, 5.74) is 12.8. The van der Waals surface area contributed by atoms with Gasteiger partial charge in [0.2, 0.25) is 0 Å². The van der Waals surface area contributed by atoms with Crippen LogP contribution in [-0.4, -0.2) is 19.9 Å². The van der Waals surface area contributed by atoms with E-state index in [1.807, 2.05) is 41.8 Å². The molecule has 5 heteroatoms. The molecule has 3 aromatic heterocycles. The van der Waals surface area contributed by atoms with Gasteiger partial charge in [0.15, 0.2) is 17.5 Å². The van der Waals surface area contributed by atoms with Crippen LogP contribution in [0.5, 0.6) is 0 Å². The summed E-state index contributed by atoms with van der Waals surface area (Å²) >= 11 is 1.88. The lowest BCUT2D eigenvalue weighted by Crippen LogP contribution is -2.14. The van der Waals surface area contributed by atoms with Crippen molar-refractivity contribution in [3.63, 3.8) is 0 Å². The first-order valence-corrected chi connectivity index (χ1v) is 19.7. The number of fused-ring (bicyclic) bond motifs is 6. The first-order chi connectivity index (χ1) is 26.9. The van der Waals surface area contributed by atoms with Gasteiger partial charge in [-0.1, -0.05) is 148 Å². The quantitative estimate of drug-likeness (QED) is 0.177. The maximum atomic E-state index is 5.09. The molecule has 1 aliphatic rings. The second kappa shape index (κ2) is 13.2. The van der Waals surface area contributed by atoms with Crippen LogP contribution in [0.25, 0.3) is 76.6 Å². The normalized spacial score (nSPS) is 13.8. The van der Waals surface area contributed by atoms with Crippen molar-refractivity contribution in [2.45, 2.75) is 38.5 Å². The zero-order valence-corrected chi connectivity index (χ0v) is 31.8. The molecule has 1 aliphatic carbocycles. The number of thiophene rings is 1. The number of nitrogens with zero attached hydrogens (tertiary/aromatic N) is 4. The van der Waals surface area contributed by atoms with Crippen LogP contribution in [0.3, 0.4) is 0 Å². The number of hydrogen-bond acceptors (Lipinski definition) is 5. The molecule has 1 unspecified atom stereocenters. The van der Waals surface area contributed by atoms with Crippen molar-refractivity contribution in [1.29, 1.82) is 0 Å². The summed E-state index contributed by atoms with van der Waals surface area (Å²) in [6, 6.07) is 54.3. The molecule has 0 fully saturated rings. The van der Waals surface area contributed by atoms with E-state index in [-0.39, 0.29) is 11.3 Å². The van der Waals surface area contributed by atoms with Gasteiger partial charge in [0.1, 0.15) is 0 Å². The lowest BCUT2D eigenvalue weighted by molar-refractivity contribution is 0.590. The van der Waals surface area contributed by atoms with Crippen molar-refractivity contribution >= 4 is 31.5 Å². The predicted molar refractivity (Wildman–Crippen MR) is 228 cm³/mol. The molecule has 10 rings (SSSR count). The standard InChI is InChI=1S/C50H38N4S/c1-50(2,3)36-23-20-32(21-24-36)48-52-47(31-12-5-4-6-13-31)53-49(54-48)35-26-27-51-44(30-35)43-29-33-14-7-8-15-37(33)42-28-34(22-25-39(42)43)38-17-11-18-41-40-16-9-10-19-45(40)55-46(38)41/h4-28,30,43H,29H2,1-3H3. The highest BCUT2D eigenvalue weighted by Gasteiger charge is 2.28. The highest BCUT2D eigenvalue weighted by Crippen LogP contribution is 2.46. The SMILES string of the molecule is CC(C)(C)c1ccc(-c2nc(-c3ccccc3)nc(-c3ccnc(C4Cc5ccccc5-c5cc(-c6cccc7c6sc6ccccc67)ccc54)c3)n2)cc1. The minimum absolute atomic E-state index is 0.0540. The van der Waals surface area contributed by atoms with E-state index in [0.29, 0.717) is 17.5 Å². The van der Waals surface area contributed by atoms with E-state index in [9.17, 15) is 0 Å². The first-order valence-electron chi connectivity index (χ1n) is 18.9. The summed E-state index contributed by atoms with van der Waals surface area (Å²) < 4.78 is 2.65. The fraction of sp³-hybridized carbons (Fsp3) is 0.120. The Morgan fingerprint density at radius 1 is 0.527 bits per heavy atom. The molecule has 6 aromatic carbocycles. The van der Waals surface area contributed by atoms with E-state index in [0.717, 1.165) is 28.8 Å². The number of aromatic nitrogens is 4. The highest BCUT2D eigenvalue weighted by molar-refractivity contribution is 7.26. The molecule has 1 atom stereocenters. The van der Waals surface area contributed by atoms with Gasteiger partial charge in [-0.3, -0.25) is 4.98 Å². The van der Waals surface area contributed by atoms with Gasteiger partial charge in [0, 0.05) is 54.7 Å². The van der Waals surface area contributed by atoms with Crippen LogP contribution in [0, 0.1) is 0 Å². The number of benzene rings is 6. The Kier molecular flexibility index (Phi) is 8.00. The van der Waals surface area contributed by atoms with Gasteiger partial charge >= 0.3 is 0 Å². The number of rotatable bonds is 5. The molecule has 55 heavy (non-hydrogen) atoms. The maximum absolute atomic E-state index is 5.09. The third-order valence-electron chi connectivity index (χ3n) is 10.9. The molecule has 3 heterocycles. The average Bonchev–Trinajstić information content (AvgIpc) is 3.62. The van der Waals surface area contributed by atoms with Crippen molar-refractivity contribution in [3.05, 3.63) is 180 Å². The van der Waals surface area contributed by atoms with Gasteiger partial charge in [-0.15, -0.1) is 11.3 Å². The van der Waals surface area contributed by atoms with Gasteiger partial charge in [-0.2, -0.15) is 0 Å². The molecule has 0 saturated heterocycles. The van der Waals surface area contributed by atoms with E-state index in [4.69, 9.17) is 19.9 Å².